The number of carbonyl (C=O) groups is 4. The van der Waals surface area contributed by atoms with Crippen molar-refractivity contribution in [1.29, 1.82) is 0 Å². The van der Waals surface area contributed by atoms with Crippen LogP contribution in [0.3, 0.4) is 0 Å². The Morgan fingerprint density at radius 3 is 1.50 bits per heavy atom. The quantitative estimate of drug-likeness (QED) is 0.121. The summed E-state index contributed by atoms with van der Waals surface area (Å²) < 4.78 is 5.57. The molecule has 0 aliphatic carbocycles. The molecule has 0 unspecified atom stereocenters. The predicted octanol–water partition coefficient (Wildman–Crippen LogP) is 2.76. The van der Waals surface area contributed by atoms with E-state index in [1.54, 1.807) is 18.2 Å². The molecule has 0 heterocycles. The van der Waals surface area contributed by atoms with E-state index < -0.39 is 0 Å². The summed E-state index contributed by atoms with van der Waals surface area (Å²) in [6.45, 7) is 5.89. The van der Waals surface area contributed by atoms with E-state index in [0.717, 1.165) is 38.5 Å². The summed E-state index contributed by atoms with van der Waals surface area (Å²) in [5, 5.41) is 11.1. The second-order valence-electron chi connectivity index (χ2n) is 7.95. The highest BCUT2D eigenvalue weighted by Crippen LogP contribution is 2.18. The molecule has 0 fully saturated rings. The number of hydrogen-bond donors (Lipinski definition) is 4. The van der Waals surface area contributed by atoms with Gasteiger partial charge in [-0.3, -0.25) is 19.2 Å². The van der Waals surface area contributed by atoms with Gasteiger partial charge in [-0.05, 0) is 56.7 Å². The van der Waals surface area contributed by atoms with Crippen molar-refractivity contribution >= 4 is 46.8 Å². The van der Waals surface area contributed by atoms with E-state index in [1.807, 2.05) is 0 Å². The molecule has 0 spiro atoms. The van der Waals surface area contributed by atoms with E-state index in [-0.39, 0.29) is 42.0 Å². The summed E-state index contributed by atoms with van der Waals surface area (Å²) in [5.41, 5.74) is 0.650. The molecule has 0 bridgehead atoms. The Kier molecular flexibility index (Phi) is 16.9. The lowest BCUT2D eigenvalue weighted by Gasteiger charge is -2.12. The van der Waals surface area contributed by atoms with Gasteiger partial charge in [-0.25, -0.2) is 0 Å². The van der Waals surface area contributed by atoms with Gasteiger partial charge in [-0.1, -0.05) is 12.7 Å². The van der Waals surface area contributed by atoms with Crippen molar-refractivity contribution < 1.29 is 23.9 Å². The zero-order valence-electron chi connectivity index (χ0n) is 20.5. The third-order valence-electron chi connectivity index (χ3n) is 4.96. The van der Waals surface area contributed by atoms with Crippen LogP contribution >= 0.6 is 23.2 Å². The molecule has 200 valence electrons. The smallest absolute Gasteiger partial charge is 0.251 e. The van der Waals surface area contributed by atoms with Crippen molar-refractivity contribution in [1.82, 2.24) is 21.3 Å². The van der Waals surface area contributed by atoms with E-state index in [4.69, 9.17) is 27.9 Å². The average molecular weight is 543 g/mol. The number of alkyl halides is 2. The van der Waals surface area contributed by atoms with Gasteiger partial charge in [0.2, 0.25) is 11.8 Å². The van der Waals surface area contributed by atoms with E-state index in [0.29, 0.717) is 43.1 Å². The van der Waals surface area contributed by atoms with Gasteiger partial charge < -0.3 is 26.0 Å². The number of ether oxygens (including phenoxy) is 1. The Morgan fingerprint density at radius 2 is 1.11 bits per heavy atom. The number of halogens is 2. The standard InChI is InChI=1S/C25H36Cl2N4O5/c1-2-13-36-21-15-19(24(34)30-11-7-3-5-9-28-22(32)17-26)14-20(16-21)25(35)31-12-8-4-6-10-29-23(33)18-27/h2,14-16H,1,3-13,17-18H2,(H,28,32)(H,29,33)(H,30,34)(H,31,35). The van der Waals surface area contributed by atoms with Crippen molar-refractivity contribution in [2.45, 2.75) is 38.5 Å². The van der Waals surface area contributed by atoms with Gasteiger partial charge in [0.05, 0.1) is 0 Å². The molecule has 0 saturated carbocycles. The lowest BCUT2D eigenvalue weighted by Crippen LogP contribution is -2.28. The van der Waals surface area contributed by atoms with Gasteiger partial charge in [-0.15, -0.1) is 23.2 Å². The summed E-state index contributed by atoms with van der Waals surface area (Å²) in [5.74, 6) is -0.708. The fourth-order valence-electron chi connectivity index (χ4n) is 3.11. The molecule has 0 radical (unpaired) electrons. The summed E-state index contributed by atoms with van der Waals surface area (Å²) in [6.07, 6.45) is 6.31. The molecule has 0 aromatic heterocycles. The van der Waals surface area contributed by atoms with Crippen LogP contribution in [-0.4, -0.2) is 68.2 Å². The number of benzene rings is 1. The number of nitrogens with one attached hydrogen (secondary N) is 4. The Bertz CT molecular complexity index is 807. The minimum absolute atomic E-state index is 0.0536. The van der Waals surface area contributed by atoms with Crippen LogP contribution in [0.5, 0.6) is 5.75 Å². The highest BCUT2D eigenvalue weighted by atomic mass is 35.5. The zero-order chi connectivity index (χ0) is 26.6. The highest BCUT2D eigenvalue weighted by Gasteiger charge is 2.14. The first kappa shape index (κ1) is 31.3. The van der Waals surface area contributed by atoms with Crippen molar-refractivity contribution in [3.8, 4) is 5.75 Å². The minimum Gasteiger partial charge on any atom is -0.490 e. The molecule has 1 aromatic carbocycles. The lowest BCUT2D eigenvalue weighted by atomic mass is 10.1. The summed E-state index contributed by atoms with van der Waals surface area (Å²) in [6, 6.07) is 4.72. The van der Waals surface area contributed by atoms with E-state index in [9.17, 15) is 19.2 Å². The van der Waals surface area contributed by atoms with Gasteiger partial charge in [0.1, 0.15) is 24.1 Å². The van der Waals surface area contributed by atoms with Crippen LogP contribution in [0, 0.1) is 0 Å². The largest absolute Gasteiger partial charge is 0.490 e. The predicted molar refractivity (Wildman–Crippen MR) is 142 cm³/mol. The maximum atomic E-state index is 12.7. The molecule has 1 aromatic rings. The molecule has 0 aliphatic rings. The van der Waals surface area contributed by atoms with E-state index >= 15 is 0 Å². The Hall–Kier alpha value is -2.78. The van der Waals surface area contributed by atoms with Crippen LogP contribution < -0.4 is 26.0 Å². The molecule has 11 heteroatoms. The van der Waals surface area contributed by atoms with Gasteiger partial charge in [0.15, 0.2) is 0 Å². The lowest BCUT2D eigenvalue weighted by molar-refractivity contribution is -0.119. The monoisotopic (exact) mass is 542 g/mol. The first-order valence-corrected chi connectivity index (χ1v) is 13.1. The second kappa shape index (κ2) is 19.4. The molecule has 0 saturated heterocycles. The van der Waals surface area contributed by atoms with Crippen molar-refractivity contribution in [2.24, 2.45) is 0 Å². The van der Waals surface area contributed by atoms with Crippen LogP contribution in [0.1, 0.15) is 59.2 Å². The first-order valence-electron chi connectivity index (χ1n) is 12.0. The average Bonchev–Trinajstić information content (AvgIpc) is 2.89. The topological polar surface area (TPSA) is 126 Å². The fraction of sp³-hybridized carbons (Fsp3) is 0.520. The second-order valence-corrected chi connectivity index (χ2v) is 8.48. The van der Waals surface area contributed by atoms with Crippen molar-refractivity contribution in [3.05, 3.63) is 42.0 Å². The summed E-state index contributed by atoms with van der Waals surface area (Å²) in [4.78, 5) is 47.5. The minimum atomic E-state index is -0.303. The molecule has 9 nitrogen and oxygen atoms in total. The summed E-state index contributed by atoms with van der Waals surface area (Å²) in [7, 11) is 0. The zero-order valence-corrected chi connectivity index (χ0v) is 22.0. The molecule has 4 N–H and O–H groups in total. The molecular weight excluding hydrogens is 507 g/mol. The van der Waals surface area contributed by atoms with E-state index in [1.165, 1.54) is 6.07 Å². The Morgan fingerprint density at radius 1 is 0.694 bits per heavy atom. The number of unbranched alkanes of at least 4 members (excludes halogenated alkanes) is 4. The van der Waals surface area contributed by atoms with Crippen molar-refractivity contribution in [2.75, 3.05) is 44.5 Å². The van der Waals surface area contributed by atoms with Crippen LogP contribution in [0.4, 0.5) is 0 Å². The number of amides is 4. The summed E-state index contributed by atoms with van der Waals surface area (Å²) >= 11 is 10.9. The molecule has 1 rings (SSSR count). The third-order valence-corrected chi connectivity index (χ3v) is 5.45. The van der Waals surface area contributed by atoms with Gasteiger partial charge in [-0.2, -0.15) is 0 Å². The van der Waals surface area contributed by atoms with Gasteiger partial charge >= 0.3 is 0 Å². The van der Waals surface area contributed by atoms with Crippen LogP contribution in [0.15, 0.2) is 30.9 Å². The molecule has 4 amide bonds. The number of carbonyl (C=O) groups excluding carboxylic acids is 4. The SMILES string of the molecule is C=CCOc1cc(C(=O)NCCCCCNC(=O)CCl)cc(C(=O)NCCCCCNC(=O)CCl)c1. The first-order chi connectivity index (χ1) is 17.4. The maximum Gasteiger partial charge on any atom is 0.251 e. The number of rotatable bonds is 19. The van der Waals surface area contributed by atoms with Crippen LogP contribution in [0.25, 0.3) is 0 Å². The highest BCUT2D eigenvalue weighted by molar-refractivity contribution is 6.27. The van der Waals surface area contributed by atoms with Gasteiger partial charge in [0.25, 0.3) is 11.8 Å². The number of hydrogen-bond acceptors (Lipinski definition) is 5. The molecular formula is C25H36Cl2N4O5. The van der Waals surface area contributed by atoms with E-state index in [2.05, 4.69) is 27.8 Å². The third kappa shape index (κ3) is 13.9. The molecule has 36 heavy (non-hydrogen) atoms. The molecule has 0 atom stereocenters. The molecule has 0 aliphatic heterocycles. The normalized spacial score (nSPS) is 10.3. The Balaban J connectivity index is 2.53. The van der Waals surface area contributed by atoms with Gasteiger partial charge in [0, 0.05) is 37.3 Å². The fourth-order valence-corrected chi connectivity index (χ4v) is 3.30. The maximum absolute atomic E-state index is 12.7. The van der Waals surface area contributed by atoms with Crippen molar-refractivity contribution in [3.63, 3.8) is 0 Å². The Labute approximate surface area is 222 Å². The van der Waals surface area contributed by atoms with Crippen LogP contribution in [-0.2, 0) is 9.59 Å². The van der Waals surface area contributed by atoms with Crippen LogP contribution in [0.2, 0.25) is 0 Å².